The lowest BCUT2D eigenvalue weighted by Crippen LogP contribution is -2.45. The van der Waals surface area contributed by atoms with Crippen LogP contribution in [-0.4, -0.2) is 205 Å². The molecule has 30 nitrogen and oxygen atoms in total. The van der Waals surface area contributed by atoms with Gasteiger partial charge in [-0.2, -0.15) is 5.21 Å². The normalized spacial score (nSPS) is 12.4. The maximum Gasteiger partial charge on any atom is 0.326 e. The number of aliphatic carboxylic acids is 3. The van der Waals surface area contributed by atoms with E-state index in [0.29, 0.717) is 38.1 Å². The van der Waals surface area contributed by atoms with Crippen molar-refractivity contribution in [1.29, 1.82) is 0 Å². The van der Waals surface area contributed by atoms with Gasteiger partial charge in [0.05, 0.1) is 50.7 Å². The Bertz CT molecular complexity index is 1950. The van der Waals surface area contributed by atoms with Crippen molar-refractivity contribution < 1.29 is 90.6 Å². The Hall–Kier alpha value is -5.96. The van der Waals surface area contributed by atoms with E-state index < -0.39 is 113 Å². The smallest absolute Gasteiger partial charge is 0.326 e. The van der Waals surface area contributed by atoms with Crippen LogP contribution in [0.15, 0.2) is 0 Å². The van der Waals surface area contributed by atoms with Gasteiger partial charge in [-0.25, -0.2) is 22.8 Å². The van der Waals surface area contributed by atoms with Gasteiger partial charge in [-0.1, -0.05) is 21.1 Å². The maximum absolute atomic E-state index is 12.5. The summed E-state index contributed by atoms with van der Waals surface area (Å²) >= 11 is 3.02. The molecule has 71 heavy (non-hydrogen) atoms. The van der Waals surface area contributed by atoms with Gasteiger partial charge in [0.1, 0.15) is 31.3 Å². The molecule has 0 radical (unpaired) electrons. The Kier molecular flexibility index (Phi) is 33.6. The summed E-state index contributed by atoms with van der Waals surface area (Å²) in [5.41, 5.74) is 0. The fourth-order valence-corrected chi connectivity index (χ4v) is 6.95. The van der Waals surface area contributed by atoms with Gasteiger partial charge in [0, 0.05) is 51.7 Å². The lowest BCUT2D eigenvalue weighted by molar-refractivity contribution is -0.144. The van der Waals surface area contributed by atoms with Gasteiger partial charge in [0.15, 0.2) is 5.82 Å². The number of hydrogen-bond acceptors (Lipinski definition) is 19. The number of halogens is 1. The Morgan fingerprint density at radius 1 is 0.535 bits per heavy atom. The van der Waals surface area contributed by atoms with Crippen molar-refractivity contribution >= 4 is 85.2 Å². The molecule has 1 unspecified atom stereocenters. The van der Waals surface area contributed by atoms with E-state index in [1.807, 2.05) is 4.72 Å². The molecule has 402 valence electrons. The number of unbranched alkanes of at least 4 members (excludes halogenated alkanes) is 1. The third-order valence-corrected chi connectivity index (χ3v) is 11.1. The van der Waals surface area contributed by atoms with E-state index in [-0.39, 0.29) is 102 Å². The van der Waals surface area contributed by atoms with E-state index in [1.54, 1.807) is 0 Å². The summed E-state index contributed by atoms with van der Waals surface area (Å²) in [7, 11) is -3.94. The molecular formula is C39H64BrN11O19S. The number of hydrogen-bond donors (Lipinski definition) is 11. The summed E-state index contributed by atoms with van der Waals surface area (Å²) in [5.74, 6) is -8.38. The van der Waals surface area contributed by atoms with Crippen molar-refractivity contribution in [3.63, 3.8) is 0 Å². The summed E-state index contributed by atoms with van der Waals surface area (Å²) < 4.78 is 47.1. The van der Waals surface area contributed by atoms with Gasteiger partial charge in [0.25, 0.3) is 0 Å². The van der Waals surface area contributed by atoms with Crippen LogP contribution in [0.25, 0.3) is 0 Å². The standard InChI is InChI=1S/C39H64BrN11O19S/c40-23-34(56)41-13-2-1-5-26(37(59)60)45-35(57)24-69-20-19-68-17-15-43-31(53)11-9-27(38(61)62)44-32(54)12-10-28(39(63)64)46-36(58)25-70-21-18-67-16-14-42-30(52)8-4-22-71(65,66)49-33(55)7-3-6-29-47-50-51-48-29/h26-28H,1-25H2,(H,41,56)(H,42,52)(H,43,53)(H,44,54)(H,45,57)(H,46,58)(H,49,55)(H,59,60)(H,61,62)(H,63,64)(H,47,48,50,51)/t26-,27?,28-/m0/s1. The number of H-pyrrole nitrogens is 1. The number of sulfonamides is 1. The van der Waals surface area contributed by atoms with Crippen molar-refractivity contribution in [3.8, 4) is 0 Å². The van der Waals surface area contributed by atoms with Gasteiger partial charge in [-0.3, -0.25) is 38.3 Å². The number of carboxylic acids is 3. The molecule has 3 atom stereocenters. The van der Waals surface area contributed by atoms with Crippen molar-refractivity contribution in [2.24, 2.45) is 0 Å². The van der Waals surface area contributed by atoms with Crippen molar-refractivity contribution in [1.82, 2.24) is 57.2 Å². The van der Waals surface area contributed by atoms with Crippen molar-refractivity contribution in [2.45, 2.75) is 95.2 Å². The number of aryl methyl sites for hydroxylation is 1. The largest absolute Gasteiger partial charge is 0.480 e. The molecule has 1 aromatic rings. The predicted octanol–water partition coefficient (Wildman–Crippen LogP) is -4.00. The molecule has 0 bridgehead atoms. The van der Waals surface area contributed by atoms with Gasteiger partial charge < -0.3 is 66.2 Å². The summed E-state index contributed by atoms with van der Waals surface area (Å²) in [5, 5.41) is 56.1. The van der Waals surface area contributed by atoms with E-state index >= 15 is 0 Å². The summed E-state index contributed by atoms with van der Waals surface area (Å²) in [4.78, 5) is 119. The highest BCUT2D eigenvalue weighted by Crippen LogP contribution is 2.05. The molecule has 0 aliphatic carbocycles. The molecular weight excluding hydrogens is 1040 g/mol. The molecule has 1 heterocycles. The molecule has 0 aliphatic heterocycles. The van der Waals surface area contributed by atoms with Crippen LogP contribution in [-0.2, 0) is 83.3 Å². The zero-order valence-electron chi connectivity index (χ0n) is 38.9. The minimum absolute atomic E-state index is 0.00757. The van der Waals surface area contributed by atoms with Gasteiger partial charge >= 0.3 is 17.9 Å². The quantitative estimate of drug-likeness (QED) is 0.0219. The number of ether oxygens (including phenoxy) is 4. The number of rotatable bonds is 43. The van der Waals surface area contributed by atoms with Crippen LogP contribution in [0.5, 0.6) is 0 Å². The predicted molar refractivity (Wildman–Crippen MR) is 245 cm³/mol. The van der Waals surface area contributed by atoms with E-state index in [9.17, 15) is 71.7 Å². The second-order valence-corrected chi connectivity index (χ2v) is 17.5. The number of nitrogens with one attached hydrogen (secondary N) is 8. The maximum atomic E-state index is 12.5. The Morgan fingerprint density at radius 2 is 1.01 bits per heavy atom. The number of amides is 7. The lowest BCUT2D eigenvalue weighted by Gasteiger charge is -2.17. The number of carbonyl (C=O) groups excluding carboxylic acids is 7. The summed E-state index contributed by atoms with van der Waals surface area (Å²) in [6.45, 7) is -0.507. The highest BCUT2D eigenvalue weighted by atomic mass is 79.9. The average molecular weight is 1100 g/mol. The first kappa shape index (κ1) is 63.1. The molecule has 7 amide bonds. The second kappa shape index (κ2) is 37.8. The zero-order valence-corrected chi connectivity index (χ0v) is 41.3. The molecule has 0 saturated carbocycles. The fraction of sp³-hybridized carbons (Fsp3) is 0.718. The summed E-state index contributed by atoms with van der Waals surface area (Å²) in [6.07, 6.45) is 0.0321. The number of nitrogens with zero attached hydrogens (tertiary/aromatic N) is 3. The number of carboxylic acid groups (broad SMARTS) is 3. The van der Waals surface area contributed by atoms with Crippen LogP contribution in [0.2, 0.25) is 0 Å². The minimum atomic E-state index is -3.94. The van der Waals surface area contributed by atoms with Crippen LogP contribution >= 0.6 is 15.9 Å². The Balaban J connectivity index is 2.17. The third kappa shape index (κ3) is 34.1. The van der Waals surface area contributed by atoms with Crippen LogP contribution in [0.4, 0.5) is 0 Å². The lowest BCUT2D eigenvalue weighted by atomic mass is 10.1. The van der Waals surface area contributed by atoms with Gasteiger partial charge in [-0.15, -0.1) is 10.2 Å². The molecule has 32 heteroatoms. The topological polar surface area (TPSA) is 441 Å². The van der Waals surface area contributed by atoms with Gasteiger partial charge in [0.2, 0.25) is 51.4 Å². The second-order valence-electron chi connectivity index (χ2n) is 15.1. The van der Waals surface area contributed by atoms with E-state index in [1.165, 1.54) is 0 Å². The van der Waals surface area contributed by atoms with Crippen LogP contribution in [0.3, 0.4) is 0 Å². The first-order valence-electron chi connectivity index (χ1n) is 22.3. The van der Waals surface area contributed by atoms with Crippen LogP contribution in [0, 0.1) is 0 Å². The number of aromatic amines is 1. The first-order chi connectivity index (χ1) is 33.8. The van der Waals surface area contributed by atoms with Crippen LogP contribution in [0.1, 0.15) is 76.5 Å². The summed E-state index contributed by atoms with van der Waals surface area (Å²) in [6, 6.07) is -4.14. The van der Waals surface area contributed by atoms with E-state index in [0.717, 1.165) is 0 Å². The molecule has 0 aliphatic rings. The molecule has 0 fully saturated rings. The molecule has 0 aromatic carbocycles. The number of alkyl halides is 1. The average Bonchev–Trinajstić information content (AvgIpc) is 3.83. The zero-order chi connectivity index (χ0) is 52.9. The van der Waals surface area contributed by atoms with Gasteiger partial charge in [-0.05, 0) is 44.9 Å². The van der Waals surface area contributed by atoms with E-state index in [2.05, 4.69) is 68.5 Å². The van der Waals surface area contributed by atoms with Crippen LogP contribution < -0.4 is 36.6 Å². The minimum Gasteiger partial charge on any atom is -0.480 e. The van der Waals surface area contributed by atoms with Crippen molar-refractivity contribution in [2.75, 3.05) is 83.6 Å². The molecule has 1 rings (SSSR count). The Morgan fingerprint density at radius 3 is 1.54 bits per heavy atom. The SMILES string of the molecule is O=C(CBr)NCCCC[C@H](NC(=O)COCCOCCNC(=O)CCC(NC(=O)CC[C@H](NC(=O)COCCOCCNC(=O)CCCS(=O)(=O)NC(=O)CCCc1nn[nH]n1)C(=O)O)C(=O)O)C(=O)O. The van der Waals surface area contributed by atoms with Crippen molar-refractivity contribution in [3.05, 3.63) is 5.82 Å². The first-order valence-corrected chi connectivity index (χ1v) is 25.1. The Labute approximate surface area is 416 Å². The molecule has 0 spiro atoms. The molecule has 11 N–H and O–H groups in total. The third-order valence-electron chi connectivity index (χ3n) is 9.21. The highest BCUT2D eigenvalue weighted by Gasteiger charge is 2.25. The number of tetrazole rings is 1. The number of aromatic nitrogens is 4. The monoisotopic (exact) mass is 1100 g/mol. The fourth-order valence-electron chi connectivity index (χ4n) is 5.68. The highest BCUT2D eigenvalue weighted by molar-refractivity contribution is 9.09. The molecule has 1 aromatic heterocycles. The molecule has 0 saturated heterocycles. The van der Waals surface area contributed by atoms with E-state index in [4.69, 9.17) is 18.9 Å². The number of carbonyl (C=O) groups is 10.